The Morgan fingerprint density at radius 2 is 1.50 bits per heavy atom. The van der Waals surface area contributed by atoms with Gasteiger partial charge in [0.25, 0.3) is 0 Å². The molecule has 0 aliphatic carbocycles. The van der Waals surface area contributed by atoms with Gasteiger partial charge in [0.1, 0.15) is 0 Å². The number of hydrogen-bond acceptors (Lipinski definition) is 2. The monoisotopic (exact) mass is 409 g/mol. The van der Waals surface area contributed by atoms with E-state index in [1.165, 1.54) is 0 Å². The first-order chi connectivity index (χ1) is 3.85. The summed E-state index contributed by atoms with van der Waals surface area (Å²) in [6.07, 6.45) is -5.26. The molecule has 0 saturated carbocycles. The topological polar surface area (TPSA) is 54.4 Å². The normalized spacial score (nSPS) is 9.90. The Labute approximate surface area is 47.1 Å². The van der Waals surface area contributed by atoms with Crippen LogP contribution >= 0.6 is 0 Å². The van der Waals surface area contributed by atoms with Crippen LogP contribution in [0.15, 0.2) is 0 Å². The minimum Gasteiger partial charge on any atom is -0.475 e. The summed E-state index contributed by atoms with van der Waals surface area (Å²) >= 11 is 0. The van der Waals surface area contributed by atoms with Gasteiger partial charge in [-0.05, 0) is 0 Å². The number of carbonyl (C=O) groups excluding carboxylic acids is 1. The summed E-state index contributed by atoms with van der Waals surface area (Å²) in [4.78, 5) is 18.7. The molecule has 0 aromatic rings. The number of aliphatic carboxylic acids is 1. The Balaban J connectivity index is 0. The third-order valence-corrected chi connectivity index (χ3v) is 0.452. The van der Waals surface area contributed by atoms with Gasteiger partial charge in [-0.2, -0.15) is 13.2 Å². The molecule has 0 aromatic heterocycles. The molecule has 0 aromatic carbocycles. The molecule has 0 aliphatic rings. The van der Waals surface area contributed by atoms with Gasteiger partial charge in [-0.25, -0.2) is 4.79 Å². The molecule has 0 heterocycles. The van der Waals surface area contributed by atoms with Gasteiger partial charge in [-0.1, -0.05) is 0 Å². The van der Waals surface area contributed by atoms with Crippen molar-refractivity contribution in [3.05, 3.63) is 0 Å². The van der Waals surface area contributed by atoms with E-state index < -0.39 is 17.9 Å². The zero-order valence-electron chi connectivity index (χ0n) is 4.60. The summed E-state index contributed by atoms with van der Waals surface area (Å²) in [5.41, 5.74) is 0. The fraction of sp³-hybridized carbons (Fsp3) is 0.333. The maximum Gasteiger partial charge on any atom is 0.461 e. The first-order valence-electron chi connectivity index (χ1n) is 1.70. The zero-order chi connectivity index (χ0) is 7.65. The summed E-state index contributed by atoms with van der Waals surface area (Å²) in [5, 5.41) is 7.45. The number of ketones is 1. The molecule has 10 heavy (non-hydrogen) atoms. The number of carbonyl (C=O) groups is 2. The molecule has 3 nitrogen and oxygen atoms in total. The number of halogens is 3. The zero-order valence-corrected chi connectivity index (χ0v) is 11.0. The molecule has 0 saturated heterocycles. The van der Waals surface area contributed by atoms with Crippen molar-refractivity contribution in [2.75, 3.05) is 0 Å². The molecule has 0 radical (unpaired) electrons. The average molecular weight is 409 g/mol. The molecular weight excluding hydrogens is 408 g/mol. The molecule has 1 N–H and O–H groups in total. The van der Waals surface area contributed by atoms with E-state index in [1.807, 2.05) is 0 Å². The van der Waals surface area contributed by atoms with E-state index in [9.17, 15) is 22.8 Å². The van der Waals surface area contributed by atoms with Crippen LogP contribution < -0.4 is 0 Å². The number of Topliss-reactive ketones (excluding diaryl/α,β-unsaturated/α-hetero) is 1. The van der Waals surface area contributed by atoms with Gasteiger partial charge >= 0.3 is 17.9 Å². The summed E-state index contributed by atoms with van der Waals surface area (Å²) in [6.45, 7) is 0. The van der Waals surface area contributed by atoms with Gasteiger partial charge in [-0.3, -0.25) is 4.79 Å². The van der Waals surface area contributed by atoms with Crippen molar-refractivity contribution >= 4 is 11.8 Å². The molecular formula is C3HF3O3Rf. The van der Waals surface area contributed by atoms with Crippen LogP contribution in [0, 0.1) is 0 Å². The quantitative estimate of drug-likeness (QED) is 0.631. The molecule has 0 aliphatic heterocycles. The number of rotatable bonds is 1. The van der Waals surface area contributed by atoms with Crippen LogP contribution in [0.3, 0.4) is 0 Å². The van der Waals surface area contributed by atoms with Crippen molar-refractivity contribution in [3.63, 3.8) is 0 Å². The molecule has 7 heteroatoms. The summed E-state index contributed by atoms with van der Waals surface area (Å²) in [5.74, 6) is -5.23. The van der Waals surface area contributed by atoms with Crippen LogP contribution in [0.2, 0.25) is 0 Å². The van der Waals surface area contributed by atoms with Gasteiger partial charge in [0, 0.05) is 0 Å². The second kappa shape index (κ2) is 2.47. The first kappa shape index (κ1) is 10.8. The average Bonchev–Trinajstić information content (AvgIpc) is 1.62. The van der Waals surface area contributed by atoms with Gasteiger partial charge in [0.15, 0.2) is 0 Å². The predicted molar refractivity (Wildman–Crippen MR) is 18.7 cm³/mol. The standard InChI is InChI=1S/C3HF3O3.Rf/c4-3(5,6)1(7)2(8)9;/h(H,8,9);. The largest absolute Gasteiger partial charge is 0.475 e. The molecule has 0 amide bonds. The Morgan fingerprint density at radius 3 is 1.50 bits per heavy atom. The van der Waals surface area contributed by atoms with Crippen LogP contribution in [-0.2, 0) is 9.59 Å². The van der Waals surface area contributed by atoms with E-state index in [-0.39, 0.29) is 0 Å². The molecule has 0 bridgehead atoms. The smallest absolute Gasteiger partial charge is 0.461 e. The molecule has 0 spiro atoms. The third-order valence-electron chi connectivity index (χ3n) is 0.452. The predicted octanol–water partition coefficient (Wildman–Crippen LogP) is 0.202. The Kier molecular flexibility index (Phi) is 2.68. The van der Waals surface area contributed by atoms with Crippen LogP contribution in [0.1, 0.15) is 0 Å². The number of carboxylic acids is 1. The molecule has 0 rings (SSSR count). The van der Waals surface area contributed by atoms with E-state index in [0.29, 0.717) is 0 Å². The first-order valence-corrected chi connectivity index (χ1v) is 1.70. The fourth-order valence-electron chi connectivity index (χ4n) is 0.121. The van der Waals surface area contributed by atoms with Gasteiger partial charge in [-0.15, -0.1) is 0 Å². The molecule has 54 valence electrons. The second-order valence-corrected chi connectivity index (χ2v) is 1.13. The van der Waals surface area contributed by atoms with Gasteiger partial charge < -0.3 is 5.11 Å². The number of alkyl halides is 3. The van der Waals surface area contributed by atoms with Gasteiger partial charge in [0.2, 0.25) is 0 Å². The van der Waals surface area contributed by atoms with Crippen molar-refractivity contribution < 1.29 is 27.9 Å². The summed E-state index contributed by atoms with van der Waals surface area (Å²) in [6, 6.07) is 0. The van der Waals surface area contributed by atoms with Crippen molar-refractivity contribution in [2.24, 2.45) is 0 Å². The number of carboxylic acid groups (broad SMARTS) is 1. The Morgan fingerprint density at radius 1 is 1.20 bits per heavy atom. The molecule has 0 atom stereocenters. The minimum absolute atomic E-state index is 0. The SMILES string of the molecule is O=C(O)C(=O)C(F)(F)F.[Rf]. The summed E-state index contributed by atoms with van der Waals surface area (Å²) in [7, 11) is 0. The van der Waals surface area contributed by atoms with Crippen LogP contribution in [0.4, 0.5) is 13.2 Å². The van der Waals surface area contributed by atoms with Crippen LogP contribution in [0.5, 0.6) is 0 Å². The Bertz CT molecular complexity index is 152. The minimum atomic E-state index is -5.26. The second-order valence-electron chi connectivity index (χ2n) is 1.13. The third kappa shape index (κ3) is 2.29. The van der Waals surface area contributed by atoms with Crippen molar-refractivity contribution in [1.82, 2.24) is 0 Å². The molecule has 0 unspecified atom stereocenters. The van der Waals surface area contributed by atoms with Crippen molar-refractivity contribution in [1.29, 1.82) is 0 Å². The van der Waals surface area contributed by atoms with E-state index in [2.05, 4.69) is 0 Å². The molecule has 0 fully saturated rings. The van der Waals surface area contributed by atoms with Crippen molar-refractivity contribution in [2.45, 2.75) is 6.18 Å². The van der Waals surface area contributed by atoms with Crippen LogP contribution in [0.25, 0.3) is 0 Å². The van der Waals surface area contributed by atoms with E-state index in [1.54, 1.807) is 0 Å². The number of hydrogen-bond donors (Lipinski definition) is 1. The van der Waals surface area contributed by atoms with E-state index in [4.69, 9.17) is 5.11 Å². The van der Waals surface area contributed by atoms with Crippen LogP contribution in [-0.4, -0.2) is 23.0 Å². The fourth-order valence-corrected chi connectivity index (χ4v) is 0.121. The van der Waals surface area contributed by atoms with Crippen molar-refractivity contribution in [3.8, 4) is 0 Å². The van der Waals surface area contributed by atoms with Gasteiger partial charge in [0.05, 0.1) is 0 Å². The van der Waals surface area contributed by atoms with E-state index in [0.717, 1.165) is 0 Å². The summed E-state index contributed by atoms with van der Waals surface area (Å²) < 4.78 is 32.9. The van der Waals surface area contributed by atoms with E-state index >= 15 is 0 Å². The maximum absolute atomic E-state index is 11.0. The maximum atomic E-state index is 11.0. The Hall–Kier alpha value is -2.07.